The fourth-order valence-corrected chi connectivity index (χ4v) is 7.72. The summed E-state index contributed by atoms with van der Waals surface area (Å²) in [7, 11) is 1.55. The molecule has 1 amide bonds. The largest absolute Gasteiger partial charge is 0.497 e. The maximum atomic E-state index is 15.1. The van der Waals surface area contributed by atoms with Gasteiger partial charge in [-0.15, -0.1) is 0 Å². The fourth-order valence-electron chi connectivity index (χ4n) is 7.72. The highest BCUT2D eigenvalue weighted by Crippen LogP contribution is 2.59. The molecule has 8 heteroatoms. The number of methoxy groups -OCH3 is 1. The third-order valence-electron chi connectivity index (χ3n) is 9.69. The lowest BCUT2D eigenvalue weighted by molar-refractivity contribution is -0.121. The van der Waals surface area contributed by atoms with Gasteiger partial charge in [0.15, 0.2) is 23.1 Å². The average molecular weight is 599 g/mol. The highest BCUT2D eigenvalue weighted by atomic mass is 16.7. The Balaban J connectivity index is 1.43. The van der Waals surface area contributed by atoms with Gasteiger partial charge >= 0.3 is 0 Å². The summed E-state index contributed by atoms with van der Waals surface area (Å²) in [4.78, 5) is 46.7. The van der Waals surface area contributed by atoms with Gasteiger partial charge in [-0.05, 0) is 73.5 Å². The van der Waals surface area contributed by atoms with Crippen molar-refractivity contribution in [1.82, 2.24) is 0 Å². The van der Waals surface area contributed by atoms with Crippen LogP contribution < -0.4 is 24.4 Å². The van der Waals surface area contributed by atoms with E-state index in [-0.39, 0.29) is 24.3 Å². The van der Waals surface area contributed by atoms with Crippen molar-refractivity contribution in [3.05, 3.63) is 119 Å². The molecule has 0 aromatic heterocycles. The minimum absolute atomic E-state index is 0.0587. The number of ether oxygens (including phenoxy) is 3. The summed E-state index contributed by atoms with van der Waals surface area (Å²) in [6.07, 6.45) is 2.06. The molecule has 0 saturated carbocycles. The van der Waals surface area contributed by atoms with Gasteiger partial charge in [0.1, 0.15) is 17.2 Å². The Kier molecular flexibility index (Phi) is 5.94. The van der Waals surface area contributed by atoms with Crippen LogP contribution >= 0.6 is 0 Å². The first-order valence-electron chi connectivity index (χ1n) is 14.9. The number of allylic oxidation sites excluding steroid dienone is 1. The molecule has 4 aliphatic rings. The van der Waals surface area contributed by atoms with Gasteiger partial charge in [-0.2, -0.15) is 0 Å². The van der Waals surface area contributed by atoms with Gasteiger partial charge in [0.2, 0.25) is 12.7 Å². The molecular formula is C37H30N2O6. The summed E-state index contributed by atoms with van der Waals surface area (Å²) in [5, 5.41) is 3.08. The van der Waals surface area contributed by atoms with Crippen LogP contribution in [0.15, 0.2) is 91.0 Å². The van der Waals surface area contributed by atoms with Crippen molar-refractivity contribution < 1.29 is 28.6 Å². The Bertz CT molecular complexity index is 1980. The van der Waals surface area contributed by atoms with Crippen molar-refractivity contribution in [2.45, 2.75) is 31.3 Å². The number of amides is 1. The van der Waals surface area contributed by atoms with Gasteiger partial charge < -0.3 is 24.4 Å². The maximum absolute atomic E-state index is 15.1. The molecule has 1 spiro atoms. The molecule has 45 heavy (non-hydrogen) atoms. The number of anilines is 2. The van der Waals surface area contributed by atoms with Crippen LogP contribution in [-0.2, 0) is 10.2 Å². The number of rotatable bonds is 5. The molecule has 4 atom stereocenters. The fraction of sp³-hybridized carbons (Fsp3) is 0.216. The second kappa shape index (κ2) is 9.82. The molecule has 1 fully saturated rings. The summed E-state index contributed by atoms with van der Waals surface area (Å²) < 4.78 is 16.6. The summed E-state index contributed by atoms with van der Waals surface area (Å²) in [5.41, 5.74) is 4.49. The quantitative estimate of drug-likeness (QED) is 0.283. The highest BCUT2D eigenvalue weighted by molar-refractivity contribution is 6.18. The zero-order valence-electron chi connectivity index (χ0n) is 25.0. The predicted octanol–water partition coefficient (Wildman–Crippen LogP) is 5.98. The van der Waals surface area contributed by atoms with E-state index in [9.17, 15) is 9.59 Å². The number of nitrogens with one attached hydrogen (secondary N) is 1. The SMILES string of the molecule is COc1cccc(C(=O)[C@@H]2[C@H](C(=O)c3ccc4c(c3)OCO4)[C@]3(C(=O)Nc4ccccc43)[C@H]3C=C(C)c4cc(C)ccc4N23)c1. The summed E-state index contributed by atoms with van der Waals surface area (Å²) in [6, 6.07) is 23.9. The maximum Gasteiger partial charge on any atom is 0.238 e. The molecule has 0 aliphatic carbocycles. The van der Waals surface area contributed by atoms with E-state index in [0.29, 0.717) is 39.6 Å². The topological polar surface area (TPSA) is 94.2 Å². The average Bonchev–Trinajstić information content (AvgIpc) is 3.73. The normalized spacial score (nSPS) is 23.6. The van der Waals surface area contributed by atoms with Crippen molar-refractivity contribution in [3.63, 3.8) is 0 Å². The molecule has 4 heterocycles. The second-order valence-electron chi connectivity index (χ2n) is 12.0. The smallest absolute Gasteiger partial charge is 0.238 e. The number of para-hydroxylation sites is 1. The second-order valence-corrected chi connectivity index (χ2v) is 12.0. The predicted molar refractivity (Wildman–Crippen MR) is 169 cm³/mol. The van der Waals surface area contributed by atoms with E-state index in [0.717, 1.165) is 22.4 Å². The van der Waals surface area contributed by atoms with Crippen molar-refractivity contribution in [1.29, 1.82) is 0 Å². The Hall–Kier alpha value is -5.37. The van der Waals surface area contributed by atoms with Crippen molar-refractivity contribution in [2.75, 3.05) is 24.1 Å². The number of hydrogen-bond donors (Lipinski definition) is 1. The Morgan fingerprint density at radius 2 is 1.69 bits per heavy atom. The van der Waals surface area contributed by atoms with Gasteiger partial charge in [0.25, 0.3) is 0 Å². The van der Waals surface area contributed by atoms with Crippen molar-refractivity contribution in [2.24, 2.45) is 5.92 Å². The van der Waals surface area contributed by atoms with E-state index in [4.69, 9.17) is 14.2 Å². The van der Waals surface area contributed by atoms with E-state index in [2.05, 4.69) is 17.5 Å². The lowest BCUT2D eigenvalue weighted by Crippen LogP contribution is -2.51. The molecule has 0 bridgehead atoms. The lowest BCUT2D eigenvalue weighted by Gasteiger charge is -2.39. The van der Waals surface area contributed by atoms with Crippen LogP contribution in [0.4, 0.5) is 11.4 Å². The van der Waals surface area contributed by atoms with Crippen LogP contribution in [0.2, 0.25) is 0 Å². The minimum atomic E-state index is -1.41. The molecule has 4 aromatic rings. The monoisotopic (exact) mass is 598 g/mol. The number of ketones is 2. The number of fused-ring (bicyclic) bond motifs is 7. The van der Waals surface area contributed by atoms with E-state index >= 15 is 4.79 Å². The zero-order chi connectivity index (χ0) is 31.0. The molecule has 0 radical (unpaired) electrons. The highest BCUT2D eigenvalue weighted by Gasteiger charge is 2.70. The van der Waals surface area contributed by atoms with E-state index < -0.39 is 23.4 Å². The number of hydrogen-bond acceptors (Lipinski definition) is 7. The van der Waals surface area contributed by atoms with Crippen LogP contribution in [0.3, 0.4) is 0 Å². The first kappa shape index (κ1) is 27.2. The van der Waals surface area contributed by atoms with E-state index in [1.807, 2.05) is 55.1 Å². The van der Waals surface area contributed by atoms with E-state index in [1.54, 1.807) is 49.6 Å². The third kappa shape index (κ3) is 3.75. The molecular weight excluding hydrogens is 568 g/mol. The van der Waals surface area contributed by atoms with Crippen LogP contribution in [0.5, 0.6) is 17.2 Å². The molecule has 8 rings (SSSR count). The van der Waals surface area contributed by atoms with Crippen LogP contribution in [0.25, 0.3) is 5.57 Å². The number of carbonyl (C=O) groups excluding carboxylic acids is 3. The van der Waals surface area contributed by atoms with Crippen molar-refractivity contribution >= 4 is 34.4 Å². The number of nitrogens with zero attached hydrogens (tertiary/aromatic N) is 1. The molecule has 224 valence electrons. The first-order chi connectivity index (χ1) is 21.8. The molecule has 4 aromatic carbocycles. The van der Waals surface area contributed by atoms with Gasteiger partial charge in [-0.1, -0.05) is 48.0 Å². The summed E-state index contributed by atoms with van der Waals surface area (Å²) >= 11 is 0. The van der Waals surface area contributed by atoms with Crippen LogP contribution in [0, 0.1) is 12.8 Å². The Labute approximate surface area is 260 Å². The Morgan fingerprint density at radius 1 is 0.889 bits per heavy atom. The van der Waals surface area contributed by atoms with Crippen LogP contribution in [0.1, 0.15) is 44.3 Å². The summed E-state index contributed by atoms with van der Waals surface area (Å²) in [5.74, 6) is -0.477. The zero-order valence-corrected chi connectivity index (χ0v) is 25.0. The van der Waals surface area contributed by atoms with Crippen LogP contribution in [-0.4, -0.2) is 43.5 Å². The van der Waals surface area contributed by atoms with Gasteiger partial charge in [0.05, 0.1) is 19.1 Å². The van der Waals surface area contributed by atoms with Crippen molar-refractivity contribution in [3.8, 4) is 17.2 Å². The van der Waals surface area contributed by atoms with Gasteiger partial charge in [-0.3, -0.25) is 14.4 Å². The number of Topliss-reactive ketones (excluding diaryl/α,β-unsaturated/α-hetero) is 2. The molecule has 4 aliphatic heterocycles. The molecule has 8 nitrogen and oxygen atoms in total. The molecule has 0 unspecified atom stereocenters. The number of aryl methyl sites for hydroxylation is 1. The summed E-state index contributed by atoms with van der Waals surface area (Å²) in [6.45, 7) is 4.10. The number of carbonyl (C=O) groups is 3. The molecule has 1 saturated heterocycles. The first-order valence-corrected chi connectivity index (χ1v) is 14.9. The van der Waals surface area contributed by atoms with E-state index in [1.165, 1.54) is 0 Å². The van der Waals surface area contributed by atoms with Gasteiger partial charge in [0, 0.05) is 28.1 Å². The lowest BCUT2D eigenvalue weighted by atomic mass is 9.64. The number of benzene rings is 4. The Morgan fingerprint density at radius 3 is 2.53 bits per heavy atom. The third-order valence-corrected chi connectivity index (χ3v) is 9.69. The van der Waals surface area contributed by atoms with Gasteiger partial charge in [-0.25, -0.2) is 0 Å². The molecule has 1 N–H and O–H groups in total. The minimum Gasteiger partial charge on any atom is -0.497 e. The standard InChI is InChI=1S/C37H30N2O6/c1-20-11-13-28-25(15-20)21(2)16-31-37(26-9-4-5-10-27(26)38-36(37)42)32(34(40)23-12-14-29-30(18-23)45-19-44-29)33(39(28)31)35(41)22-7-6-8-24(17-22)43-3/h4-18,31-33H,19H2,1-3H3,(H,38,42)/t31-,32-,33+,37-/m1/s1.